The van der Waals surface area contributed by atoms with Gasteiger partial charge in [-0.05, 0) is 30.8 Å². The molecule has 0 radical (unpaired) electrons. The van der Waals surface area contributed by atoms with Crippen LogP contribution in [0, 0.1) is 0 Å². The quantitative estimate of drug-likeness (QED) is 0.661. The van der Waals surface area contributed by atoms with Crippen LogP contribution in [0.4, 0.5) is 0 Å². The molecule has 0 heterocycles. The molecule has 1 nitrogen and oxygen atoms in total. The van der Waals surface area contributed by atoms with Gasteiger partial charge in [-0.15, -0.1) is 0 Å². The van der Waals surface area contributed by atoms with Gasteiger partial charge in [0.15, 0.2) is 8.32 Å². The number of thioether (sulfide) groups is 1. The summed E-state index contributed by atoms with van der Waals surface area (Å²) in [6.45, 7) is 13.8. The predicted octanol–water partition coefficient (Wildman–Crippen LogP) is 4.15. The van der Waals surface area contributed by atoms with Gasteiger partial charge in [-0.25, -0.2) is 0 Å². The van der Waals surface area contributed by atoms with Crippen LogP contribution in [0.5, 0.6) is 0 Å². The van der Waals surface area contributed by atoms with Gasteiger partial charge in [0.05, 0.1) is 6.10 Å². The van der Waals surface area contributed by atoms with Crippen LogP contribution in [-0.4, -0.2) is 26.4 Å². The molecule has 0 aromatic rings. The second-order valence-corrected chi connectivity index (χ2v) is 11.0. The van der Waals surface area contributed by atoms with Gasteiger partial charge in [-0.2, -0.15) is 11.8 Å². The summed E-state index contributed by atoms with van der Waals surface area (Å²) in [5, 5.41) is 0.332. The lowest BCUT2D eigenvalue weighted by Gasteiger charge is -2.39. The summed E-state index contributed by atoms with van der Waals surface area (Å²) in [4.78, 5) is 0. The maximum Gasteiger partial charge on any atom is 0.192 e. The molecule has 0 bridgehead atoms. The van der Waals surface area contributed by atoms with Gasteiger partial charge >= 0.3 is 0 Å². The first-order valence-corrected chi connectivity index (χ1v) is 9.71. The van der Waals surface area contributed by atoms with E-state index >= 15 is 0 Å². The molecule has 0 amide bonds. The van der Waals surface area contributed by atoms with Crippen molar-refractivity contribution in [2.24, 2.45) is 0 Å². The Hall–Kier alpha value is 0.527. The lowest BCUT2D eigenvalue weighted by Crippen LogP contribution is -2.44. The molecule has 0 aliphatic rings. The Bertz CT molecular complexity index is 163. The van der Waals surface area contributed by atoms with Gasteiger partial charge in [0.1, 0.15) is 0 Å². The minimum absolute atomic E-state index is 0.332. The van der Waals surface area contributed by atoms with E-state index in [2.05, 4.69) is 47.0 Å². The second-order valence-electron chi connectivity index (χ2n) is 5.36. The minimum Gasteiger partial charge on any atom is -0.413 e. The summed E-state index contributed by atoms with van der Waals surface area (Å²) in [6.07, 6.45) is 3.73. The Labute approximate surface area is 95.1 Å². The molecule has 0 saturated carbocycles. The highest BCUT2D eigenvalue weighted by Crippen LogP contribution is 2.37. The van der Waals surface area contributed by atoms with Crippen molar-refractivity contribution in [3.05, 3.63) is 0 Å². The van der Waals surface area contributed by atoms with Crippen molar-refractivity contribution in [2.75, 3.05) is 12.0 Å². The van der Waals surface area contributed by atoms with E-state index < -0.39 is 8.32 Å². The second kappa shape index (κ2) is 5.57. The summed E-state index contributed by atoms with van der Waals surface area (Å²) >= 11 is 1.88. The van der Waals surface area contributed by atoms with Gasteiger partial charge < -0.3 is 4.43 Å². The molecule has 1 atom stereocenters. The third-order valence-corrected chi connectivity index (χ3v) is 8.32. The zero-order valence-electron chi connectivity index (χ0n) is 10.8. The summed E-state index contributed by atoms with van der Waals surface area (Å²) < 4.78 is 6.31. The first-order valence-electron chi connectivity index (χ1n) is 5.41. The zero-order chi connectivity index (χ0) is 11.4. The standard InChI is InChI=1S/C11H26OSSi/c1-8-10(9-13-5)12-14(6,7)11(2,3)4/h10H,8-9H2,1-7H3/t10-/m1/s1. The molecule has 86 valence electrons. The van der Waals surface area contributed by atoms with Crippen molar-refractivity contribution in [3.63, 3.8) is 0 Å². The average Bonchev–Trinajstić information content (AvgIpc) is 2.01. The number of hydrogen-bond donors (Lipinski definition) is 0. The van der Waals surface area contributed by atoms with Gasteiger partial charge in [0.2, 0.25) is 0 Å². The van der Waals surface area contributed by atoms with Crippen molar-refractivity contribution in [1.82, 2.24) is 0 Å². The normalized spacial score (nSPS) is 15.6. The van der Waals surface area contributed by atoms with Crippen molar-refractivity contribution in [2.45, 2.75) is 58.4 Å². The largest absolute Gasteiger partial charge is 0.413 e. The molecule has 0 spiro atoms. The fourth-order valence-corrected chi connectivity index (χ4v) is 3.25. The van der Waals surface area contributed by atoms with Gasteiger partial charge in [0, 0.05) is 5.75 Å². The van der Waals surface area contributed by atoms with Crippen LogP contribution in [0.25, 0.3) is 0 Å². The molecule has 0 rings (SSSR count). The maximum absolute atomic E-state index is 6.31. The summed E-state index contributed by atoms with van der Waals surface area (Å²) in [7, 11) is -1.54. The zero-order valence-corrected chi connectivity index (χ0v) is 12.6. The van der Waals surface area contributed by atoms with E-state index in [0.29, 0.717) is 11.1 Å². The Kier molecular flexibility index (Phi) is 5.78. The molecular weight excluding hydrogens is 208 g/mol. The lowest BCUT2D eigenvalue weighted by molar-refractivity contribution is 0.199. The molecule has 0 saturated heterocycles. The van der Waals surface area contributed by atoms with E-state index in [0.717, 1.165) is 12.2 Å². The van der Waals surface area contributed by atoms with E-state index in [9.17, 15) is 0 Å². The van der Waals surface area contributed by atoms with Crippen molar-refractivity contribution < 1.29 is 4.43 Å². The van der Waals surface area contributed by atoms with Crippen molar-refractivity contribution >= 4 is 20.1 Å². The van der Waals surface area contributed by atoms with Gasteiger partial charge in [0.25, 0.3) is 0 Å². The Balaban J connectivity index is 4.32. The van der Waals surface area contributed by atoms with Crippen molar-refractivity contribution in [3.8, 4) is 0 Å². The molecule has 3 heteroatoms. The molecule has 0 aliphatic heterocycles. The fraction of sp³-hybridized carbons (Fsp3) is 1.00. The Morgan fingerprint density at radius 3 is 2.07 bits per heavy atom. The molecule has 0 unspecified atom stereocenters. The highest BCUT2D eigenvalue weighted by Gasteiger charge is 2.38. The van der Waals surface area contributed by atoms with Crippen LogP contribution in [0.15, 0.2) is 0 Å². The van der Waals surface area contributed by atoms with Gasteiger partial charge in [-0.1, -0.05) is 27.7 Å². The first kappa shape index (κ1) is 14.5. The Morgan fingerprint density at radius 2 is 1.79 bits per heavy atom. The number of hydrogen-bond acceptors (Lipinski definition) is 2. The molecule has 0 aromatic carbocycles. The molecular formula is C11H26OSSi. The molecule has 0 aromatic heterocycles. The lowest BCUT2D eigenvalue weighted by atomic mass is 10.2. The van der Waals surface area contributed by atoms with Crippen LogP contribution < -0.4 is 0 Å². The third kappa shape index (κ3) is 4.37. The predicted molar refractivity (Wildman–Crippen MR) is 70.7 cm³/mol. The van der Waals surface area contributed by atoms with Crippen LogP contribution in [0.2, 0.25) is 18.1 Å². The highest BCUT2D eigenvalue weighted by atomic mass is 32.2. The highest BCUT2D eigenvalue weighted by molar-refractivity contribution is 7.98. The average molecular weight is 234 g/mol. The fourth-order valence-electron chi connectivity index (χ4n) is 1.01. The summed E-state index contributed by atoms with van der Waals surface area (Å²) in [6, 6.07) is 0. The van der Waals surface area contributed by atoms with E-state index in [4.69, 9.17) is 4.43 Å². The summed E-state index contributed by atoms with van der Waals surface area (Å²) in [5.41, 5.74) is 0. The van der Waals surface area contributed by atoms with Crippen LogP contribution in [0.1, 0.15) is 34.1 Å². The van der Waals surface area contributed by atoms with Crippen LogP contribution in [-0.2, 0) is 4.43 Å². The van der Waals surface area contributed by atoms with E-state index in [1.54, 1.807) is 0 Å². The first-order chi connectivity index (χ1) is 6.24. The van der Waals surface area contributed by atoms with Crippen LogP contribution in [0.3, 0.4) is 0 Å². The van der Waals surface area contributed by atoms with E-state index in [-0.39, 0.29) is 0 Å². The maximum atomic E-state index is 6.31. The smallest absolute Gasteiger partial charge is 0.192 e. The van der Waals surface area contributed by atoms with E-state index in [1.165, 1.54) is 0 Å². The van der Waals surface area contributed by atoms with E-state index in [1.807, 2.05) is 11.8 Å². The molecule has 14 heavy (non-hydrogen) atoms. The minimum atomic E-state index is -1.54. The topological polar surface area (TPSA) is 9.23 Å². The molecule has 0 fully saturated rings. The third-order valence-electron chi connectivity index (χ3n) is 3.08. The van der Waals surface area contributed by atoms with Crippen molar-refractivity contribution in [1.29, 1.82) is 0 Å². The SMILES string of the molecule is CC[C@H](CSC)O[Si](C)(C)C(C)(C)C. The Morgan fingerprint density at radius 1 is 1.29 bits per heavy atom. The molecule has 0 aliphatic carbocycles. The van der Waals surface area contributed by atoms with Crippen LogP contribution >= 0.6 is 11.8 Å². The monoisotopic (exact) mass is 234 g/mol. The summed E-state index contributed by atoms with van der Waals surface area (Å²) in [5.74, 6) is 1.13. The van der Waals surface area contributed by atoms with Gasteiger partial charge in [-0.3, -0.25) is 0 Å². The molecule has 0 N–H and O–H groups in total. The number of rotatable bonds is 5.